The smallest absolute Gasteiger partial charge is 0.251 e. The van der Waals surface area contributed by atoms with Gasteiger partial charge in [0.1, 0.15) is 0 Å². The molecule has 1 heterocycles. The molecule has 0 saturated heterocycles. The van der Waals surface area contributed by atoms with Crippen LogP contribution in [-0.4, -0.2) is 23.7 Å². The quantitative estimate of drug-likeness (QED) is 0.454. The van der Waals surface area contributed by atoms with Crippen molar-refractivity contribution in [2.45, 2.75) is 24.7 Å². The number of anilines is 1. The van der Waals surface area contributed by atoms with Gasteiger partial charge < -0.3 is 22.2 Å². The number of hydrogen-bond acceptors (Lipinski definition) is 7. The molecule has 0 aliphatic heterocycles. The minimum Gasteiger partial charge on any atom is -0.401 e. The van der Waals surface area contributed by atoms with Crippen LogP contribution in [-0.2, 0) is 11.8 Å². The summed E-state index contributed by atoms with van der Waals surface area (Å²) < 4.78 is 0. The van der Waals surface area contributed by atoms with Crippen LogP contribution in [0.4, 0.5) is 5.00 Å². The zero-order valence-electron chi connectivity index (χ0n) is 15.1. The predicted octanol–water partition coefficient (Wildman–Crippen LogP) is 1.49. The van der Waals surface area contributed by atoms with Crippen LogP contribution in [0.5, 0.6) is 0 Å². The Morgan fingerprint density at radius 2 is 1.96 bits per heavy atom. The van der Waals surface area contributed by atoms with Crippen molar-refractivity contribution in [3.05, 3.63) is 63.8 Å². The Balaban J connectivity index is 2.14. The fraction of sp³-hybridized carbons (Fsp3) is 0.263. The molecule has 27 heavy (non-hydrogen) atoms. The number of benzene rings is 1. The van der Waals surface area contributed by atoms with E-state index in [2.05, 4.69) is 0 Å². The van der Waals surface area contributed by atoms with Crippen molar-refractivity contribution in [1.29, 1.82) is 0 Å². The third-order valence-electron chi connectivity index (χ3n) is 4.93. The first kappa shape index (κ1) is 18.9. The maximum atomic E-state index is 13.6. The summed E-state index contributed by atoms with van der Waals surface area (Å²) in [6.45, 7) is 0. The van der Waals surface area contributed by atoms with Crippen molar-refractivity contribution in [3.8, 4) is 0 Å². The van der Waals surface area contributed by atoms with E-state index in [9.17, 15) is 9.59 Å². The zero-order valence-corrected chi connectivity index (χ0v) is 15.9. The molecular formula is C19H23N5O2S. The van der Waals surface area contributed by atoms with Gasteiger partial charge in [-0.1, -0.05) is 30.3 Å². The predicted molar refractivity (Wildman–Crippen MR) is 107 cm³/mol. The van der Waals surface area contributed by atoms with E-state index in [1.54, 1.807) is 13.2 Å². The summed E-state index contributed by atoms with van der Waals surface area (Å²) in [6.07, 6.45) is 2.95. The highest BCUT2D eigenvalue weighted by Gasteiger charge is 2.46. The number of thiophene rings is 1. The lowest BCUT2D eigenvalue weighted by Crippen LogP contribution is -2.41. The molecule has 0 radical (unpaired) electrons. The van der Waals surface area contributed by atoms with Crippen LogP contribution in [0.15, 0.2) is 42.2 Å². The van der Waals surface area contributed by atoms with Gasteiger partial charge >= 0.3 is 0 Å². The molecule has 142 valence electrons. The maximum Gasteiger partial charge on any atom is 0.251 e. The topological polar surface area (TPSA) is 141 Å². The third-order valence-corrected chi connectivity index (χ3v) is 5.99. The molecule has 1 atom stereocenters. The SMILES string of the molecule is CN(N)/C=C(\N)CC1(c2ccccc2)CCc2c(sc(N)c2C(N)=O)C1=O. The van der Waals surface area contributed by atoms with E-state index < -0.39 is 11.3 Å². The first-order chi connectivity index (χ1) is 12.8. The van der Waals surface area contributed by atoms with Crippen molar-refractivity contribution < 1.29 is 9.59 Å². The van der Waals surface area contributed by atoms with Gasteiger partial charge in [0.05, 0.1) is 20.9 Å². The summed E-state index contributed by atoms with van der Waals surface area (Å²) in [5.74, 6) is 4.98. The Labute approximate surface area is 161 Å². The van der Waals surface area contributed by atoms with Crippen molar-refractivity contribution in [2.24, 2.45) is 17.3 Å². The number of nitrogens with zero attached hydrogens (tertiary/aromatic N) is 1. The second-order valence-electron chi connectivity index (χ2n) is 6.84. The molecule has 8 heteroatoms. The van der Waals surface area contributed by atoms with Crippen LogP contribution in [0.25, 0.3) is 0 Å². The van der Waals surface area contributed by atoms with Gasteiger partial charge in [-0.2, -0.15) is 0 Å². The molecule has 0 bridgehead atoms. The number of Topliss-reactive ketones (excluding diaryl/α,β-unsaturated/α-hetero) is 1. The summed E-state index contributed by atoms with van der Waals surface area (Å²) in [6, 6.07) is 9.54. The lowest BCUT2D eigenvalue weighted by Gasteiger charge is -2.36. The molecule has 0 fully saturated rings. The molecule has 1 aromatic heterocycles. The third kappa shape index (κ3) is 3.29. The number of hydrogen-bond donors (Lipinski definition) is 4. The molecular weight excluding hydrogens is 362 g/mol. The van der Waals surface area contributed by atoms with Crippen molar-refractivity contribution in [1.82, 2.24) is 5.01 Å². The molecule has 1 aliphatic rings. The van der Waals surface area contributed by atoms with Gasteiger partial charge in [0.25, 0.3) is 5.91 Å². The number of hydrazine groups is 1. The van der Waals surface area contributed by atoms with Crippen molar-refractivity contribution in [2.75, 3.05) is 12.8 Å². The summed E-state index contributed by atoms with van der Waals surface area (Å²) in [7, 11) is 1.67. The average molecular weight is 385 g/mol. The molecule has 7 nitrogen and oxygen atoms in total. The first-order valence-corrected chi connectivity index (χ1v) is 9.33. The average Bonchev–Trinajstić information content (AvgIpc) is 2.94. The van der Waals surface area contributed by atoms with Crippen molar-refractivity contribution >= 4 is 28.0 Å². The van der Waals surface area contributed by atoms with Gasteiger partial charge in [-0.05, 0) is 24.0 Å². The number of primary amides is 1. The lowest BCUT2D eigenvalue weighted by atomic mass is 9.66. The Morgan fingerprint density at radius 3 is 2.56 bits per heavy atom. The number of nitrogens with two attached hydrogens (primary N) is 4. The number of ketones is 1. The zero-order chi connectivity index (χ0) is 19.8. The van der Waals surface area contributed by atoms with Crippen LogP contribution in [0, 0.1) is 0 Å². The largest absolute Gasteiger partial charge is 0.401 e. The van der Waals surface area contributed by atoms with Gasteiger partial charge in [-0.3, -0.25) is 9.59 Å². The lowest BCUT2D eigenvalue weighted by molar-refractivity contribution is 0.0862. The van der Waals surface area contributed by atoms with Gasteiger partial charge in [0.15, 0.2) is 5.78 Å². The number of fused-ring (bicyclic) bond motifs is 1. The molecule has 3 rings (SSSR count). The Hall–Kier alpha value is -2.84. The normalized spacial score (nSPS) is 19.6. The highest BCUT2D eigenvalue weighted by molar-refractivity contribution is 7.18. The van der Waals surface area contributed by atoms with E-state index in [-0.39, 0.29) is 16.3 Å². The second kappa shape index (κ2) is 7.05. The summed E-state index contributed by atoms with van der Waals surface area (Å²) in [4.78, 5) is 25.9. The van der Waals surface area contributed by atoms with Crippen LogP contribution in [0.3, 0.4) is 0 Å². The van der Waals surface area contributed by atoms with E-state index in [1.165, 1.54) is 5.01 Å². The van der Waals surface area contributed by atoms with Crippen molar-refractivity contribution in [3.63, 3.8) is 0 Å². The fourth-order valence-corrected chi connectivity index (χ4v) is 4.97. The Morgan fingerprint density at radius 1 is 1.30 bits per heavy atom. The van der Waals surface area contributed by atoms with E-state index in [4.69, 9.17) is 23.0 Å². The Bertz CT molecular complexity index is 920. The van der Waals surface area contributed by atoms with E-state index in [0.717, 1.165) is 16.9 Å². The number of nitrogen functional groups attached to an aromatic ring is 1. The number of amides is 1. The van der Waals surface area contributed by atoms with Gasteiger partial charge in [-0.15, -0.1) is 11.3 Å². The Kier molecular flexibility index (Phi) is 4.95. The molecule has 8 N–H and O–H groups in total. The highest BCUT2D eigenvalue weighted by atomic mass is 32.1. The van der Waals surface area contributed by atoms with Crippen LogP contribution < -0.4 is 23.0 Å². The summed E-state index contributed by atoms with van der Waals surface area (Å²) >= 11 is 1.12. The molecule has 1 aromatic carbocycles. The van der Waals surface area contributed by atoms with E-state index in [0.29, 0.717) is 35.4 Å². The minimum atomic E-state index is -0.836. The highest BCUT2D eigenvalue weighted by Crippen LogP contribution is 2.47. The molecule has 2 aromatic rings. The molecule has 1 aliphatic carbocycles. The minimum absolute atomic E-state index is 0.0878. The number of allylic oxidation sites excluding steroid dienone is 1. The standard InChI is InChI=1S/C19H23N5O2S/c1-24(23)10-12(20)9-19(11-5-3-2-4-6-11)8-7-13-14(17(21)26)18(22)27-15(13)16(19)25/h2-6,10H,7-9,20,22-23H2,1H3,(H2,21,26)/b12-10-. The first-order valence-electron chi connectivity index (χ1n) is 8.51. The van der Waals surface area contributed by atoms with Crippen LogP contribution in [0.2, 0.25) is 0 Å². The number of carbonyl (C=O) groups excluding carboxylic acids is 2. The number of carbonyl (C=O) groups is 2. The van der Waals surface area contributed by atoms with E-state index in [1.807, 2.05) is 30.3 Å². The fourth-order valence-electron chi connectivity index (χ4n) is 3.81. The molecule has 0 spiro atoms. The van der Waals surface area contributed by atoms with E-state index >= 15 is 0 Å². The van der Waals surface area contributed by atoms with Gasteiger partial charge in [-0.25, -0.2) is 5.84 Å². The summed E-state index contributed by atoms with van der Waals surface area (Å²) in [5.41, 5.74) is 19.1. The molecule has 1 amide bonds. The van der Waals surface area contributed by atoms with Gasteiger partial charge in [0.2, 0.25) is 0 Å². The summed E-state index contributed by atoms with van der Waals surface area (Å²) in [5, 5.41) is 1.65. The maximum absolute atomic E-state index is 13.6. The van der Waals surface area contributed by atoms with Crippen LogP contribution >= 0.6 is 11.3 Å². The number of rotatable bonds is 5. The second-order valence-corrected chi connectivity index (χ2v) is 7.89. The van der Waals surface area contributed by atoms with Gasteiger partial charge in [0, 0.05) is 25.4 Å². The monoisotopic (exact) mass is 385 g/mol. The molecule has 1 unspecified atom stereocenters. The molecule has 0 saturated carbocycles. The van der Waals surface area contributed by atoms with Crippen LogP contribution in [0.1, 0.15) is 44.0 Å².